The smallest absolute Gasteiger partial charge is 0.0552 e. The number of aryl methyl sites for hydroxylation is 1. The molecule has 0 bridgehead atoms. The first-order valence-electron chi connectivity index (χ1n) is 5.40. The molecule has 1 aromatic rings. The molecule has 1 N–H and O–H groups in total. The summed E-state index contributed by atoms with van der Waals surface area (Å²) in [5.41, 5.74) is 2.52. The highest BCUT2D eigenvalue weighted by Crippen LogP contribution is 2.13. The van der Waals surface area contributed by atoms with Crippen LogP contribution in [0.3, 0.4) is 0 Å². The van der Waals surface area contributed by atoms with Crippen molar-refractivity contribution in [2.75, 3.05) is 0 Å². The Labute approximate surface area is 86.8 Å². The fourth-order valence-electron chi connectivity index (χ4n) is 1.60. The third-order valence-corrected chi connectivity index (χ3v) is 2.33. The van der Waals surface area contributed by atoms with Gasteiger partial charge in [-0.05, 0) is 43.4 Å². The van der Waals surface area contributed by atoms with Crippen LogP contribution >= 0.6 is 0 Å². The zero-order valence-electron chi connectivity index (χ0n) is 9.09. The van der Waals surface area contributed by atoms with Crippen molar-refractivity contribution >= 4 is 0 Å². The summed E-state index contributed by atoms with van der Waals surface area (Å²) < 4.78 is 0. The van der Waals surface area contributed by atoms with Crippen LogP contribution in [0.15, 0.2) is 18.2 Å². The lowest BCUT2D eigenvalue weighted by Gasteiger charge is -2.09. The van der Waals surface area contributed by atoms with E-state index in [9.17, 15) is 5.11 Å². The van der Waals surface area contributed by atoms with E-state index < -0.39 is 0 Å². The van der Waals surface area contributed by atoms with Crippen LogP contribution < -0.4 is 0 Å². The maximum absolute atomic E-state index is 9.34. The Morgan fingerprint density at radius 2 is 2.29 bits per heavy atom. The van der Waals surface area contributed by atoms with Gasteiger partial charge in [-0.15, -0.1) is 0 Å². The average Bonchev–Trinajstić information content (AvgIpc) is 2.16. The van der Waals surface area contributed by atoms with E-state index >= 15 is 0 Å². The highest BCUT2D eigenvalue weighted by atomic mass is 16.3. The molecule has 0 aliphatic rings. The summed E-state index contributed by atoms with van der Waals surface area (Å²) in [7, 11) is 0. The molecule has 0 aromatic heterocycles. The van der Waals surface area contributed by atoms with Crippen molar-refractivity contribution in [3.05, 3.63) is 35.4 Å². The molecule has 1 unspecified atom stereocenters. The molecule has 14 heavy (non-hydrogen) atoms. The third-order valence-electron chi connectivity index (χ3n) is 2.33. The largest absolute Gasteiger partial charge is 0.393 e. The van der Waals surface area contributed by atoms with Crippen LogP contribution in [0.1, 0.15) is 37.8 Å². The van der Waals surface area contributed by atoms with Gasteiger partial charge in [0.15, 0.2) is 0 Å². The minimum absolute atomic E-state index is 0.258. The number of unbranched alkanes of at least 4 members (excludes halogenated alkanes) is 1. The topological polar surface area (TPSA) is 20.2 Å². The average molecular weight is 191 g/mol. The number of hydrogen-bond donors (Lipinski definition) is 1. The first-order chi connectivity index (χ1) is 6.74. The molecule has 0 saturated heterocycles. The molecule has 1 aromatic carbocycles. The SMILES string of the molecule is CCCCc1[c]cccc1CC(C)O. The number of aliphatic hydroxyl groups excluding tert-OH is 1. The van der Waals surface area contributed by atoms with Gasteiger partial charge in [0.05, 0.1) is 6.10 Å². The quantitative estimate of drug-likeness (QED) is 0.758. The minimum atomic E-state index is -0.258. The second kappa shape index (κ2) is 5.82. The van der Waals surface area contributed by atoms with E-state index in [0.29, 0.717) is 0 Å². The Balaban J connectivity index is 2.69. The van der Waals surface area contributed by atoms with E-state index in [2.05, 4.69) is 19.1 Å². The van der Waals surface area contributed by atoms with Crippen molar-refractivity contribution in [3.63, 3.8) is 0 Å². The fraction of sp³-hybridized carbons (Fsp3) is 0.538. The lowest BCUT2D eigenvalue weighted by molar-refractivity contribution is 0.195. The highest BCUT2D eigenvalue weighted by molar-refractivity contribution is 5.26. The Kier molecular flexibility index (Phi) is 4.68. The molecule has 1 radical (unpaired) electrons. The summed E-state index contributed by atoms with van der Waals surface area (Å²) in [5.74, 6) is 0. The van der Waals surface area contributed by atoms with Crippen molar-refractivity contribution in [2.24, 2.45) is 0 Å². The maximum atomic E-state index is 9.34. The maximum Gasteiger partial charge on any atom is 0.0552 e. The van der Waals surface area contributed by atoms with Crippen molar-refractivity contribution in [2.45, 2.75) is 45.6 Å². The molecule has 0 saturated carbocycles. The second-order valence-corrected chi connectivity index (χ2v) is 3.83. The summed E-state index contributed by atoms with van der Waals surface area (Å²) in [6.07, 6.45) is 3.98. The molecular formula is C13H19O. The molecule has 77 valence electrons. The van der Waals surface area contributed by atoms with E-state index in [1.165, 1.54) is 24.0 Å². The monoisotopic (exact) mass is 191 g/mol. The van der Waals surface area contributed by atoms with E-state index in [0.717, 1.165) is 12.8 Å². The van der Waals surface area contributed by atoms with Gasteiger partial charge >= 0.3 is 0 Å². The van der Waals surface area contributed by atoms with Crippen LogP contribution in [0.25, 0.3) is 0 Å². The van der Waals surface area contributed by atoms with E-state index in [-0.39, 0.29) is 6.10 Å². The Hall–Kier alpha value is -0.820. The van der Waals surface area contributed by atoms with Crippen molar-refractivity contribution in [1.29, 1.82) is 0 Å². The predicted molar refractivity (Wildman–Crippen MR) is 59.3 cm³/mol. The molecule has 0 aliphatic carbocycles. The zero-order chi connectivity index (χ0) is 10.4. The standard InChI is InChI=1S/C13H19O/c1-3-4-7-12-8-5-6-9-13(12)10-11(2)14/h5-6,9,11,14H,3-4,7,10H2,1-2H3. The van der Waals surface area contributed by atoms with Gasteiger partial charge in [-0.2, -0.15) is 0 Å². The van der Waals surface area contributed by atoms with Gasteiger partial charge in [0.25, 0.3) is 0 Å². The molecular weight excluding hydrogens is 172 g/mol. The van der Waals surface area contributed by atoms with Crippen LogP contribution in [0.5, 0.6) is 0 Å². The Bertz CT molecular complexity index is 266. The highest BCUT2D eigenvalue weighted by Gasteiger charge is 2.04. The van der Waals surface area contributed by atoms with Crippen molar-refractivity contribution in [1.82, 2.24) is 0 Å². The van der Waals surface area contributed by atoms with Crippen LogP contribution in [0.2, 0.25) is 0 Å². The third kappa shape index (κ3) is 3.51. The fourth-order valence-corrected chi connectivity index (χ4v) is 1.60. The lowest BCUT2D eigenvalue weighted by atomic mass is 9.98. The van der Waals surface area contributed by atoms with Gasteiger partial charge in [-0.3, -0.25) is 0 Å². The van der Waals surface area contributed by atoms with Gasteiger partial charge in [0.1, 0.15) is 0 Å². The molecule has 0 fully saturated rings. The number of hydrogen-bond acceptors (Lipinski definition) is 1. The number of rotatable bonds is 5. The molecule has 0 spiro atoms. The first kappa shape index (κ1) is 11.3. The molecule has 0 amide bonds. The molecule has 1 heteroatoms. The summed E-state index contributed by atoms with van der Waals surface area (Å²) in [5, 5.41) is 9.34. The normalized spacial score (nSPS) is 12.8. The minimum Gasteiger partial charge on any atom is -0.393 e. The molecule has 1 nitrogen and oxygen atoms in total. The Morgan fingerprint density at radius 1 is 1.50 bits per heavy atom. The van der Waals surface area contributed by atoms with E-state index in [1.807, 2.05) is 19.1 Å². The summed E-state index contributed by atoms with van der Waals surface area (Å²) in [6.45, 7) is 4.02. The van der Waals surface area contributed by atoms with E-state index in [1.54, 1.807) is 0 Å². The molecule has 1 atom stereocenters. The van der Waals surface area contributed by atoms with Crippen LogP contribution in [-0.4, -0.2) is 11.2 Å². The van der Waals surface area contributed by atoms with Crippen LogP contribution in [0, 0.1) is 6.07 Å². The number of benzene rings is 1. The summed E-state index contributed by atoms with van der Waals surface area (Å²) >= 11 is 0. The molecule has 1 rings (SSSR count). The first-order valence-corrected chi connectivity index (χ1v) is 5.40. The number of aliphatic hydroxyl groups is 1. The summed E-state index contributed by atoms with van der Waals surface area (Å²) in [4.78, 5) is 0. The van der Waals surface area contributed by atoms with E-state index in [4.69, 9.17) is 0 Å². The van der Waals surface area contributed by atoms with Crippen molar-refractivity contribution in [3.8, 4) is 0 Å². The van der Waals surface area contributed by atoms with Gasteiger partial charge < -0.3 is 5.11 Å². The molecule has 0 heterocycles. The lowest BCUT2D eigenvalue weighted by Crippen LogP contribution is -2.06. The van der Waals surface area contributed by atoms with Crippen LogP contribution in [-0.2, 0) is 12.8 Å². The van der Waals surface area contributed by atoms with Crippen molar-refractivity contribution < 1.29 is 5.11 Å². The molecule has 0 aliphatic heterocycles. The predicted octanol–water partition coefficient (Wildman–Crippen LogP) is 2.75. The van der Waals surface area contributed by atoms with Gasteiger partial charge in [0.2, 0.25) is 0 Å². The van der Waals surface area contributed by atoms with Crippen LogP contribution in [0.4, 0.5) is 0 Å². The zero-order valence-corrected chi connectivity index (χ0v) is 9.09. The Morgan fingerprint density at radius 3 is 2.93 bits per heavy atom. The van der Waals surface area contributed by atoms with Gasteiger partial charge in [-0.1, -0.05) is 31.5 Å². The second-order valence-electron chi connectivity index (χ2n) is 3.83. The van der Waals surface area contributed by atoms with Gasteiger partial charge in [-0.25, -0.2) is 0 Å². The summed E-state index contributed by atoms with van der Waals surface area (Å²) in [6, 6.07) is 9.31. The van der Waals surface area contributed by atoms with Gasteiger partial charge in [0, 0.05) is 0 Å².